The molecule has 28 heavy (non-hydrogen) atoms. The topological polar surface area (TPSA) is 116 Å². The Bertz CT molecular complexity index is 796. The number of esters is 1. The summed E-state index contributed by atoms with van der Waals surface area (Å²) >= 11 is 0. The number of nitrogens with two attached hydrogens (primary N) is 1. The summed E-state index contributed by atoms with van der Waals surface area (Å²) in [7, 11) is 0. The first-order valence-electron chi connectivity index (χ1n) is 9.05. The predicted molar refractivity (Wildman–Crippen MR) is 101 cm³/mol. The van der Waals surface area contributed by atoms with Crippen LogP contribution in [0.5, 0.6) is 5.75 Å². The molecule has 0 bridgehead atoms. The minimum atomic E-state index is -0.922. The summed E-state index contributed by atoms with van der Waals surface area (Å²) in [6.07, 6.45) is 0.0512. The minimum Gasteiger partial charge on any atom is -0.486 e. The van der Waals surface area contributed by atoms with E-state index in [2.05, 4.69) is 0 Å². The van der Waals surface area contributed by atoms with E-state index < -0.39 is 23.5 Å². The van der Waals surface area contributed by atoms with Crippen LogP contribution in [0.25, 0.3) is 0 Å². The molecule has 0 spiro atoms. The number of carbonyl (C=O) groups is 4. The van der Waals surface area contributed by atoms with Gasteiger partial charge in [-0.2, -0.15) is 0 Å². The fraction of sp³-hybridized carbons (Fsp3) is 0.500. The van der Waals surface area contributed by atoms with Crippen molar-refractivity contribution in [2.24, 2.45) is 5.73 Å². The van der Waals surface area contributed by atoms with Crippen LogP contribution in [-0.4, -0.2) is 46.7 Å². The normalized spacial score (nSPS) is 14.4. The van der Waals surface area contributed by atoms with E-state index in [1.165, 1.54) is 11.8 Å². The SMILES string of the molecule is CC(=O)COc1ccc2c(c1)CN(C(CCC(=O)OC(C)(C)C)C(N)=O)C2=O. The third-order valence-electron chi connectivity index (χ3n) is 4.10. The Morgan fingerprint density at radius 1 is 1.25 bits per heavy atom. The van der Waals surface area contributed by atoms with Crippen molar-refractivity contribution < 1.29 is 28.7 Å². The van der Waals surface area contributed by atoms with Gasteiger partial charge in [-0.25, -0.2) is 0 Å². The first kappa shape index (κ1) is 21.4. The first-order valence-corrected chi connectivity index (χ1v) is 9.05. The second kappa shape index (κ2) is 8.41. The zero-order valence-corrected chi connectivity index (χ0v) is 16.6. The Morgan fingerprint density at radius 3 is 2.50 bits per heavy atom. The van der Waals surface area contributed by atoms with Gasteiger partial charge in [0, 0.05) is 18.5 Å². The molecular weight excluding hydrogens is 364 g/mol. The van der Waals surface area contributed by atoms with Gasteiger partial charge in [0.15, 0.2) is 5.78 Å². The van der Waals surface area contributed by atoms with E-state index in [0.717, 1.165) is 0 Å². The summed E-state index contributed by atoms with van der Waals surface area (Å²) in [5.41, 5.74) is 5.98. The highest BCUT2D eigenvalue weighted by Gasteiger charge is 2.36. The van der Waals surface area contributed by atoms with Crippen LogP contribution in [0.15, 0.2) is 18.2 Å². The number of ether oxygens (including phenoxy) is 2. The number of Topliss-reactive ketones (excluding diaryl/α,β-unsaturated/α-hetero) is 1. The molecule has 2 amide bonds. The number of benzene rings is 1. The summed E-state index contributed by atoms with van der Waals surface area (Å²) in [4.78, 5) is 49.0. The smallest absolute Gasteiger partial charge is 0.306 e. The monoisotopic (exact) mass is 390 g/mol. The van der Waals surface area contributed by atoms with Crippen molar-refractivity contribution in [3.05, 3.63) is 29.3 Å². The van der Waals surface area contributed by atoms with E-state index in [-0.39, 0.29) is 37.7 Å². The molecule has 1 aliphatic rings. The molecule has 0 fully saturated rings. The fourth-order valence-electron chi connectivity index (χ4n) is 2.94. The highest BCUT2D eigenvalue weighted by atomic mass is 16.6. The predicted octanol–water partition coefficient (Wildman–Crippen LogP) is 1.59. The summed E-state index contributed by atoms with van der Waals surface area (Å²) < 4.78 is 10.6. The lowest BCUT2D eigenvalue weighted by Crippen LogP contribution is -2.45. The van der Waals surface area contributed by atoms with Gasteiger partial charge < -0.3 is 20.1 Å². The second-order valence-electron chi connectivity index (χ2n) is 7.79. The minimum absolute atomic E-state index is 0.0298. The van der Waals surface area contributed by atoms with Gasteiger partial charge >= 0.3 is 5.97 Å². The van der Waals surface area contributed by atoms with Gasteiger partial charge in [-0.3, -0.25) is 19.2 Å². The standard InChI is InChI=1S/C20H26N2O6/c1-12(23)11-27-14-5-6-15-13(9-14)10-22(19(15)26)16(18(21)25)7-8-17(24)28-20(2,3)4/h5-6,9,16H,7-8,10-11H2,1-4H3,(H2,21,25). The quantitative estimate of drug-likeness (QED) is 0.674. The maximum absolute atomic E-state index is 12.7. The molecule has 0 saturated carbocycles. The maximum Gasteiger partial charge on any atom is 0.306 e. The Kier molecular flexibility index (Phi) is 6.43. The Balaban J connectivity index is 2.09. The molecule has 0 aromatic heterocycles. The zero-order chi connectivity index (χ0) is 21.1. The summed E-state index contributed by atoms with van der Waals surface area (Å²) in [6, 6.07) is 3.94. The lowest BCUT2D eigenvalue weighted by atomic mass is 10.1. The molecule has 0 saturated heterocycles. The molecule has 1 heterocycles. The lowest BCUT2D eigenvalue weighted by molar-refractivity contribution is -0.155. The van der Waals surface area contributed by atoms with E-state index in [9.17, 15) is 19.2 Å². The third kappa shape index (κ3) is 5.55. The number of fused-ring (bicyclic) bond motifs is 1. The van der Waals surface area contributed by atoms with Gasteiger partial charge in [0.25, 0.3) is 5.91 Å². The van der Waals surface area contributed by atoms with E-state index >= 15 is 0 Å². The molecule has 1 aliphatic heterocycles. The van der Waals surface area contributed by atoms with Crippen molar-refractivity contribution in [2.45, 2.75) is 58.7 Å². The van der Waals surface area contributed by atoms with Crippen LogP contribution < -0.4 is 10.5 Å². The number of hydrogen-bond donors (Lipinski definition) is 1. The molecule has 2 rings (SSSR count). The van der Waals surface area contributed by atoms with Crippen LogP contribution in [0, 0.1) is 0 Å². The lowest BCUT2D eigenvalue weighted by Gasteiger charge is -2.25. The molecule has 2 N–H and O–H groups in total. The number of carbonyl (C=O) groups excluding carboxylic acids is 4. The van der Waals surface area contributed by atoms with Crippen molar-refractivity contribution in [1.29, 1.82) is 0 Å². The Morgan fingerprint density at radius 2 is 1.93 bits per heavy atom. The van der Waals surface area contributed by atoms with Crippen LogP contribution in [0.4, 0.5) is 0 Å². The van der Waals surface area contributed by atoms with Gasteiger partial charge in [0.2, 0.25) is 5.91 Å². The number of amides is 2. The Hall–Kier alpha value is -2.90. The average molecular weight is 390 g/mol. The van der Waals surface area contributed by atoms with Gasteiger partial charge in [-0.15, -0.1) is 0 Å². The Labute approximate surface area is 164 Å². The van der Waals surface area contributed by atoms with Crippen molar-refractivity contribution in [3.63, 3.8) is 0 Å². The van der Waals surface area contributed by atoms with Crippen LogP contribution in [-0.2, 0) is 25.7 Å². The summed E-state index contributed by atoms with van der Waals surface area (Å²) in [5.74, 6) is -1.12. The average Bonchev–Trinajstić information content (AvgIpc) is 2.87. The van der Waals surface area contributed by atoms with Gasteiger partial charge in [0.1, 0.15) is 24.0 Å². The fourth-order valence-corrected chi connectivity index (χ4v) is 2.94. The zero-order valence-electron chi connectivity index (χ0n) is 16.6. The molecule has 1 unspecified atom stereocenters. The van der Waals surface area contributed by atoms with Crippen LogP contribution in [0.2, 0.25) is 0 Å². The van der Waals surface area contributed by atoms with Gasteiger partial charge in [-0.05, 0) is 57.9 Å². The second-order valence-corrected chi connectivity index (χ2v) is 7.79. The maximum atomic E-state index is 12.7. The van der Waals surface area contributed by atoms with Crippen molar-refractivity contribution in [3.8, 4) is 5.75 Å². The van der Waals surface area contributed by atoms with Crippen molar-refractivity contribution in [2.75, 3.05) is 6.61 Å². The number of rotatable bonds is 8. The van der Waals surface area contributed by atoms with Gasteiger partial charge in [-0.1, -0.05) is 0 Å². The van der Waals surface area contributed by atoms with Crippen molar-refractivity contribution >= 4 is 23.6 Å². The molecule has 0 aliphatic carbocycles. The third-order valence-corrected chi connectivity index (χ3v) is 4.10. The van der Waals surface area contributed by atoms with Crippen LogP contribution in [0.3, 0.4) is 0 Å². The molecule has 1 aromatic rings. The molecule has 0 radical (unpaired) electrons. The number of nitrogens with zero attached hydrogens (tertiary/aromatic N) is 1. The van der Waals surface area contributed by atoms with E-state index in [1.807, 2.05) is 0 Å². The highest BCUT2D eigenvalue weighted by molar-refractivity contribution is 6.01. The molecule has 1 atom stereocenters. The molecule has 1 aromatic carbocycles. The number of primary amides is 1. The molecule has 8 heteroatoms. The largest absolute Gasteiger partial charge is 0.486 e. The van der Waals surface area contributed by atoms with E-state index in [0.29, 0.717) is 16.9 Å². The highest BCUT2D eigenvalue weighted by Crippen LogP contribution is 2.29. The van der Waals surface area contributed by atoms with Gasteiger partial charge in [0.05, 0.1) is 0 Å². The van der Waals surface area contributed by atoms with Crippen LogP contribution in [0.1, 0.15) is 56.5 Å². The van der Waals surface area contributed by atoms with Crippen LogP contribution >= 0.6 is 0 Å². The molecule has 8 nitrogen and oxygen atoms in total. The summed E-state index contributed by atoms with van der Waals surface area (Å²) in [6.45, 7) is 6.79. The van der Waals surface area contributed by atoms with E-state index in [4.69, 9.17) is 15.2 Å². The summed E-state index contributed by atoms with van der Waals surface area (Å²) in [5, 5.41) is 0. The number of hydrogen-bond acceptors (Lipinski definition) is 6. The van der Waals surface area contributed by atoms with E-state index in [1.54, 1.807) is 39.0 Å². The number of ketones is 1. The van der Waals surface area contributed by atoms with Crippen molar-refractivity contribution in [1.82, 2.24) is 4.90 Å². The molecular formula is C20H26N2O6. The first-order chi connectivity index (χ1) is 13.0. The molecule has 152 valence electrons.